The predicted molar refractivity (Wildman–Crippen MR) is 75.3 cm³/mol. The van der Waals surface area contributed by atoms with E-state index < -0.39 is 0 Å². The number of aryl methyl sites for hydroxylation is 1. The van der Waals surface area contributed by atoms with Crippen molar-refractivity contribution in [2.75, 3.05) is 12.3 Å². The lowest BCUT2D eigenvalue weighted by atomic mass is 9.97. The molecule has 0 amide bonds. The number of hydrogen-bond acceptors (Lipinski definition) is 2. The van der Waals surface area contributed by atoms with E-state index in [2.05, 4.69) is 48.3 Å². The Bertz CT molecular complexity index is 394. The minimum absolute atomic E-state index is 0.222. The first-order valence-electron chi connectivity index (χ1n) is 6.77. The molecule has 1 saturated heterocycles. The van der Waals surface area contributed by atoms with E-state index in [0.29, 0.717) is 0 Å². The summed E-state index contributed by atoms with van der Waals surface area (Å²) in [6.45, 7) is 3.51. The van der Waals surface area contributed by atoms with Gasteiger partial charge in [0.1, 0.15) is 0 Å². The molecule has 3 rings (SSSR count). The number of fused-ring (bicyclic) bond motifs is 2. The summed E-state index contributed by atoms with van der Waals surface area (Å²) < 4.78 is 0. The molecule has 2 aliphatic rings. The highest BCUT2D eigenvalue weighted by Gasteiger charge is 2.38. The molecular weight excluding hydrogens is 226 g/mol. The first-order chi connectivity index (χ1) is 8.30. The molecule has 1 aromatic carbocycles. The van der Waals surface area contributed by atoms with Crippen LogP contribution in [0.1, 0.15) is 37.3 Å². The number of thioether (sulfide) groups is 1. The molecule has 2 atom stereocenters. The highest BCUT2D eigenvalue weighted by Crippen LogP contribution is 2.45. The van der Waals surface area contributed by atoms with Crippen LogP contribution in [0.15, 0.2) is 24.3 Å². The van der Waals surface area contributed by atoms with Crippen molar-refractivity contribution in [3.8, 4) is 0 Å². The molecule has 1 aromatic rings. The Morgan fingerprint density at radius 2 is 2.18 bits per heavy atom. The Labute approximate surface area is 108 Å². The summed E-state index contributed by atoms with van der Waals surface area (Å²) in [6.07, 6.45) is 5.25. The predicted octanol–water partition coefficient (Wildman–Crippen LogP) is 3.54. The van der Waals surface area contributed by atoms with Crippen molar-refractivity contribution in [2.45, 2.75) is 37.5 Å². The minimum atomic E-state index is 0.222. The van der Waals surface area contributed by atoms with E-state index in [1.54, 1.807) is 11.1 Å². The zero-order valence-corrected chi connectivity index (χ0v) is 11.4. The van der Waals surface area contributed by atoms with Crippen molar-refractivity contribution < 1.29 is 0 Å². The van der Waals surface area contributed by atoms with Crippen LogP contribution in [-0.4, -0.2) is 12.3 Å². The smallest absolute Gasteiger partial charge is 0.0904 e. The average molecular weight is 247 g/mol. The fraction of sp³-hybridized carbons (Fsp3) is 0.600. The minimum Gasteiger partial charge on any atom is -0.299 e. The second-order valence-corrected chi connectivity index (χ2v) is 6.81. The Kier molecular flexibility index (Phi) is 3.18. The summed E-state index contributed by atoms with van der Waals surface area (Å²) in [4.78, 5) is 0.222. The van der Waals surface area contributed by atoms with Crippen LogP contribution in [0.4, 0.5) is 0 Å². The summed E-state index contributed by atoms with van der Waals surface area (Å²) in [5.74, 6) is 2.10. The van der Waals surface area contributed by atoms with Gasteiger partial charge in [0, 0.05) is 6.54 Å². The third-order valence-electron chi connectivity index (χ3n) is 4.03. The molecule has 0 bridgehead atoms. The van der Waals surface area contributed by atoms with E-state index in [9.17, 15) is 0 Å². The average Bonchev–Trinajstić information content (AvgIpc) is 2.54. The van der Waals surface area contributed by atoms with Crippen LogP contribution >= 0.6 is 11.8 Å². The Hall–Kier alpha value is -0.470. The molecule has 1 aliphatic heterocycles. The maximum Gasteiger partial charge on any atom is 0.0904 e. The zero-order chi connectivity index (χ0) is 11.7. The molecule has 1 nitrogen and oxygen atoms in total. The van der Waals surface area contributed by atoms with Crippen molar-refractivity contribution in [1.82, 2.24) is 5.32 Å². The highest BCUT2D eigenvalue weighted by atomic mass is 32.2. The first-order valence-corrected chi connectivity index (χ1v) is 7.76. The Morgan fingerprint density at radius 1 is 1.29 bits per heavy atom. The number of rotatable bonds is 0. The molecule has 17 heavy (non-hydrogen) atoms. The lowest BCUT2D eigenvalue weighted by Crippen LogP contribution is -2.46. The van der Waals surface area contributed by atoms with Crippen LogP contribution in [0.5, 0.6) is 0 Å². The van der Waals surface area contributed by atoms with Crippen LogP contribution in [0.25, 0.3) is 0 Å². The first kappa shape index (κ1) is 11.6. The third kappa shape index (κ3) is 2.13. The van der Waals surface area contributed by atoms with Gasteiger partial charge in [0.2, 0.25) is 0 Å². The zero-order valence-electron chi connectivity index (χ0n) is 10.5. The summed E-state index contributed by atoms with van der Waals surface area (Å²) in [5.41, 5.74) is 3.13. The number of benzene rings is 1. The fourth-order valence-electron chi connectivity index (χ4n) is 3.02. The quantitative estimate of drug-likeness (QED) is 0.752. The molecule has 0 saturated carbocycles. The molecule has 1 spiro atoms. The van der Waals surface area contributed by atoms with Crippen LogP contribution in [-0.2, 0) is 11.3 Å². The third-order valence-corrected chi connectivity index (χ3v) is 5.82. The maximum atomic E-state index is 3.84. The van der Waals surface area contributed by atoms with Crippen molar-refractivity contribution in [2.24, 2.45) is 5.92 Å². The molecule has 1 heterocycles. The summed E-state index contributed by atoms with van der Waals surface area (Å²) in [7, 11) is 0. The van der Waals surface area contributed by atoms with E-state index in [1.165, 1.54) is 38.0 Å². The van der Waals surface area contributed by atoms with Crippen molar-refractivity contribution >= 4 is 11.8 Å². The van der Waals surface area contributed by atoms with Gasteiger partial charge in [-0.25, -0.2) is 0 Å². The largest absolute Gasteiger partial charge is 0.299 e. The monoisotopic (exact) mass is 247 g/mol. The van der Waals surface area contributed by atoms with E-state index in [-0.39, 0.29) is 4.87 Å². The Morgan fingerprint density at radius 3 is 3.00 bits per heavy atom. The molecule has 92 valence electrons. The summed E-state index contributed by atoms with van der Waals surface area (Å²) >= 11 is 2.14. The summed E-state index contributed by atoms with van der Waals surface area (Å²) in [5, 5.41) is 3.84. The van der Waals surface area contributed by atoms with Gasteiger partial charge < -0.3 is 0 Å². The highest BCUT2D eigenvalue weighted by molar-refractivity contribution is 8.00. The van der Waals surface area contributed by atoms with Crippen molar-refractivity contribution in [1.29, 1.82) is 0 Å². The Balaban J connectivity index is 1.99. The molecular formula is C15H21NS. The second-order valence-electron chi connectivity index (χ2n) is 5.49. The van der Waals surface area contributed by atoms with E-state index in [0.717, 1.165) is 5.92 Å². The van der Waals surface area contributed by atoms with Crippen LogP contribution in [0.3, 0.4) is 0 Å². The maximum absolute atomic E-state index is 3.84. The molecule has 1 N–H and O–H groups in total. The second kappa shape index (κ2) is 4.66. The SMILES string of the molecule is CC1CNC2(CCCCc3ccccc32)SC1. The van der Waals surface area contributed by atoms with Crippen molar-refractivity contribution in [3.63, 3.8) is 0 Å². The van der Waals surface area contributed by atoms with Crippen LogP contribution < -0.4 is 5.32 Å². The van der Waals surface area contributed by atoms with Gasteiger partial charge in [0.05, 0.1) is 4.87 Å². The van der Waals surface area contributed by atoms with Crippen LogP contribution in [0, 0.1) is 5.92 Å². The van der Waals surface area contributed by atoms with Gasteiger partial charge >= 0.3 is 0 Å². The topological polar surface area (TPSA) is 12.0 Å². The van der Waals surface area contributed by atoms with Gasteiger partial charge in [-0.05, 0) is 42.1 Å². The van der Waals surface area contributed by atoms with E-state index in [4.69, 9.17) is 0 Å². The normalized spacial score (nSPS) is 33.1. The molecule has 1 fully saturated rings. The summed E-state index contributed by atoms with van der Waals surface area (Å²) in [6, 6.07) is 9.06. The fourth-order valence-corrected chi connectivity index (χ4v) is 4.54. The number of hydrogen-bond donors (Lipinski definition) is 1. The molecule has 2 unspecified atom stereocenters. The van der Waals surface area contributed by atoms with E-state index >= 15 is 0 Å². The molecule has 1 aliphatic carbocycles. The van der Waals surface area contributed by atoms with Gasteiger partial charge in [-0.3, -0.25) is 5.32 Å². The molecule has 0 aromatic heterocycles. The van der Waals surface area contributed by atoms with Gasteiger partial charge in [-0.2, -0.15) is 0 Å². The number of nitrogens with one attached hydrogen (secondary N) is 1. The molecule has 0 radical (unpaired) electrons. The molecule has 2 heteroatoms. The van der Waals surface area contributed by atoms with Gasteiger partial charge in [-0.1, -0.05) is 37.6 Å². The lowest BCUT2D eigenvalue weighted by molar-refractivity contribution is 0.392. The van der Waals surface area contributed by atoms with Crippen LogP contribution in [0.2, 0.25) is 0 Å². The standard InChI is InChI=1S/C15H21NS/c1-12-10-16-15(17-11-12)9-5-4-7-13-6-2-3-8-14(13)15/h2-3,6,8,12,16H,4-5,7,9-11H2,1H3. The van der Waals surface area contributed by atoms with Gasteiger partial charge in [0.15, 0.2) is 0 Å². The van der Waals surface area contributed by atoms with Gasteiger partial charge in [0.25, 0.3) is 0 Å². The van der Waals surface area contributed by atoms with Crippen molar-refractivity contribution in [3.05, 3.63) is 35.4 Å². The van der Waals surface area contributed by atoms with Gasteiger partial charge in [-0.15, -0.1) is 11.8 Å². The lowest BCUT2D eigenvalue weighted by Gasteiger charge is -2.40. The van der Waals surface area contributed by atoms with E-state index in [1.807, 2.05) is 0 Å².